The summed E-state index contributed by atoms with van der Waals surface area (Å²) in [5.74, 6) is -0.771. The molecule has 0 saturated carbocycles. The van der Waals surface area contributed by atoms with Crippen LogP contribution in [0.25, 0.3) is 10.9 Å². The number of ether oxygens (including phenoxy) is 1. The van der Waals surface area contributed by atoms with Crippen molar-refractivity contribution in [3.8, 4) is 0 Å². The van der Waals surface area contributed by atoms with Crippen LogP contribution in [-0.4, -0.2) is 89.4 Å². The Balaban J connectivity index is 0.000000150. The molecular formula is C77H69N9O10S3. The van der Waals surface area contributed by atoms with Crippen LogP contribution in [0.3, 0.4) is 0 Å². The molecular weight excluding hydrogens is 1310 g/mol. The highest BCUT2D eigenvalue weighted by Crippen LogP contribution is 2.31. The normalized spacial score (nSPS) is 12.1. The van der Waals surface area contributed by atoms with Gasteiger partial charge in [0.15, 0.2) is 0 Å². The van der Waals surface area contributed by atoms with Crippen molar-refractivity contribution in [1.29, 1.82) is 0 Å². The van der Waals surface area contributed by atoms with Gasteiger partial charge in [-0.1, -0.05) is 170 Å². The highest BCUT2D eigenvalue weighted by atomic mass is 32.2. The Morgan fingerprint density at radius 2 is 0.838 bits per heavy atom. The number of hydrogen-bond acceptors (Lipinski definition) is 12. The predicted molar refractivity (Wildman–Crippen MR) is 384 cm³/mol. The van der Waals surface area contributed by atoms with E-state index in [2.05, 4.69) is 25.8 Å². The number of nitrogens with zero attached hydrogens (tertiary/aromatic N) is 6. The summed E-state index contributed by atoms with van der Waals surface area (Å²) in [6.07, 6.45) is 3.35. The molecule has 0 spiro atoms. The Bertz CT molecular complexity index is 5030. The highest BCUT2D eigenvalue weighted by molar-refractivity contribution is 7.93. The van der Waals surface area contributed by atoms with Crippen molar-refractivity contribution in [2.24, 2.45) is 0 Å². The summed E-state index contributed by atoms with van der Waals surface area (Å²) in [5.41, 5.74) is 7.17. The second-order valence-corrected chi connectivity index (χ2v) is 28.2. The van der Waals surface area contributed by atoms with Gasteiger partial charge in [0.25, 0.3) is 47.8 Å². The fraction of sp³-hybridized carbons (Fsp3) is 0.104. The molecule has 0 atom stereocenters. The third-order valence-corrected chi connectivity index (χ3v) is 21.2. The van der Waals surface area contributed by atoms with Gasteiger partial charge in [0.2, 0.25) is 0 Å². The number of carbonyl (C=O) groups excluding carboxylic acids is 3. The number of sulfonamides is 3. The number of rotatable bonds is 21. The van der Waals surface area contributed by atoms with Crippen molar-refractivity contribution in [2.75, 3.05) is 44.5 Å². The van der Waals surface area contributed by atoms with Crippen molar-refractivity contribution in [2.45, 2.75) is 40.9 Å². The molecule has 3 amide bonds. The number of carbonyl (C=O) groups is 3. The summed E-state index contributed by atoms with van der Waals surface area (Å²) >= 11 is 0. The van der Waals surface area contributed by atoms with Gasteiger partial charge >= 0.3 is 0 Å². The number of pyridine rings is 1. The van der Waals surface area contributed by atoms with Gasteiger partial charge in [-0.2, -0.15) is 5.10 Å². The highest BCUT2D eigenvalue weighted by Gasteiger charge is 2.30. The van der Waals surface area contributed by atoms with E-state index in [0.717, 1.165) is 33.3 Å². The van der Waals surface area contributed by atoms with E-state index in [0.29, 0.717) is 65.7 Å². The van der Waals surface area contributed by atoms with E-state index in [9.17, 15) is 39.6 Å². The maximum absolute atomic E-state index is 13.6. The number of nitrogens with one attached hydrogen (secondary N) is 3. The number of morpholine rings is 1. The second-order valence-electron chi connectivity index (χ2n) is 22.6. The van der Waals surface area contributed by atoms with Crippen LogP contribution in [-0.2, 0) is 61.0 Å². The Kier molecular flexibility index (Phi) is 22.6. The lowest BCUT2D eigenvalue weighted by Crippen LogP contribution is -2.40. The molecule has 0 unspecified atom stereocenters. The van der Waals surface area contributed by atoms with Gasteiger partial charge in [-0.3, -0.25) is 37.4 Å². The van der Waals surface area contributed by atoms with Crippen molar-refractivity contribution in [3.05, 3.63) is 343 Å². The lowest BCUT2D eigenvalue weighted by molar-refractivity contribution is 0.0303. The molecule has 3 heterocycles. The van der Waals surface area contributed by atoms with Gasteiger partial charge in [-0.15, -0.1) is 0 Å². The van der Waals surface area contributed by atoms with E-state index < -0.39 is 30.1 Å². The topological polar surface area (TPSA) is 241 Å². The molecule has 2 aromatic heterocycles. The molecule has 3 N–H and O–H groups in total. The van der Waals surface area contributed by atoms with Crippen LogP contribution in [0.15, 0.2) is 318 Å². The SMILES string of the molecule is O=C(NCc1ccccn1)c1cccc(N(Cc2ccccc2)S(=O)(=O)c2ccccc2)c1.O=C(Nc1ccc2[nH]ncc2c1)c1cccc(N(Cc2ccccc2)S(=O)(=O)c2ccccc2)c1.O=C(c1cccc(N(Cc2ccccc2)S(=O)(=O)c2ccccc2)c1)N1CCOCC1. The van der Waals surface area contributed by atoms with Crippen LogP contribution < -0.4 is 23.5 Å². The summed E-state index contributed by atoms with van der Waals surface area (Å²) in [7, 11) is -11.6. The molecule has 0 bridgehead atoms. The average molecular weight is 1380 g/mol. The first kappa shape index (κ1) is 68.8. The summed E-state index contributed by atoms with van der Waals surface area (Å²) in [4.78, 5) is 45.3. The number of H-pyrrole nitrogens is 1. The first-order chi connectivity index (χ1) is 48.1. The Morgan fingerprint density at radius 1 is 0.434 bits per heavy atom. The lowest BCUT2D eigenvalue weighted by atomic mass is 10.1. The Hall–Kier alpha value is -11.6. The minimum Gasteiger partial charge on any atom is -0.378 e. The van der Waals surface area contributed by atoms with Crippen molar-refractivity contribution in [1.82, 2.24) is 25.4 Å². The van der Waals surface area contributed by atoms with E-state index in [1.165, 1.54) is 12.9 Å². The zero-order valence-corrected chi connectivity index (χ0v) is 56.0. The van der Waals surface area contributed by atoms with Gasteiger partial charge in [0, 0.05) is 47.1 Å². The third kappa shape index (κ3) is 17.7. The van der Waals surface area contributed by atoms with E-state index in [4.69, 9.17) is 4.74 Å². The molecule has 19 nitrogen and oxygen atoms in total. The van der Waals surface area contributed by atoms with Crippen LogP contribution in [0.4, 0.5) is 22.7 Å². The molecule has 1 fully saturated rings. The first-order valence-corrected chi connectivity index (χ1v) is 35.9. The largest absolute Gasteiger partial charge is 0.378 e. The van der Waals surface area contributed by atoms with Crippen LogP contribution in [0.2, 0.25) is 0 Å². The van der Waals surface area contributed by atoms with Crippen LogP contribution in [0.5, 0.6) is 0 Å². The van der Waals surface area contributed by atoms with Gasteiger partial charge in [0.1, 0.15) is 0 Å². The van der Waals surface area contributed by atoms with Crippen LogP contribution >= 0.6 is 0 Å². The average Bonchev–Trinajstić information content (AvgIpc) is 1.31. The van der Waals surface area contributed by atoms with Gasteiger partial charge in [0.05, 0.1) is 88.5 Å². The standard InChI is InChI=1S/C27H22N4O3S.C26H23N3O3S.C24H24N2O4S/c32-27(29-23-14-15-26-22(16-23)18-28-30-26)21-10-7-11-24(17-21)31(19-20-8-3-1-4-9-20)35(33,34)25-12-5-2-6-13-25;30-26(28-19-23-13-7-8-17-27-23)22-12-9-14-24(18-22)29(20-21-10-3-1-4-11-21)33(31,32)25-15-5-2-6-16-25;27-24(25-14-16-30-17-15-25)21-10-7-11-22(18-21)26(19-20-8-3-1-4-9-20)31(28,29)23-12-5-2-6-13-23/h1-18H,19H2,(H,28,30)(H,29,32);1-18H,19-20H2,(H,28,30);1-13,18H,14-17,19H2. The molecule has 13 rings (SSSR count). The molecule has 10 aromatic carbocycles. The number of aromatic nitrogens is 3. The second kappa shape index (κ2) is 32.5. The number of amides is 3. The van der Waals surface area contributed by atoms with E-state index >= 15 is 0 Å². The molecule has 99 heavy (non-hydrogen) atoms. The molecule has 1 aliphatic heterocycles. The Labute approximate surface area is 575 Å². The van der Waals surface area contributed by atoms with Gasteiger partial charge in [-0.25, -0.2) is 25.3 Å². The molecule has 1 aliphatic rings. The molecule has 12 aromatic rings. The first-order valence-electron chi connectivity index (χ1n) is 31.6. The summed E-state index contributed by atoms with van der Waals surface area (Å²) in [6, 6.07) is 84.0. The predicted octanol–water partition coefficient (Wildman–Crippen LogP) is 13.2. The van der Waals surface area contributed by atoms with Crippen LogP contribution in [0.1, 0.15) is 53.5 Å². The Morgan fingerprint density at radius 3 is 1.27 bits per heavy atom. The number of benzene rings is 10. The lowest BCUT2D eigenvalue weighted by Gasteiger charge is -2.28. The number of fused-ring (bicyclic) bond motifs is 1. The molecule has 0 radical (unpaired) electrons. The monoisotopic (exact) mass is 1380 g/mol. The molecule has 500 valence electrons. The summed E-state index contributed by atoms with van der Waals surface area (Å²) < 4.78 is 90.7. The number of anilines is 4. The summed E-state index contributed by atoms with van der Waals surface area (Å²) in [6.45, 7) is 2.77. The van der Waals surface area contributed by atoms with Crippen molar-refractivity contribution in [3.63, 3.8) is 0 Å². The maximum atomic E-state index is 13.6. The molecule has 0 aliphatic carbocycles. The van der Waals surface area contributed by atoms with Gasteiger partial charge in [-0.05, 0) is 138 Å². The van der Waals surface area contributed by atoms with Gasteiger partial charge < -0.3 is 20.3 Å². The van der Waals surface area contributed by atoms with Crippen molar-refractivity contribution >= 4 is 81.4 Å². The smallest absolute Gasteiger partial charge is 0.264 e. The minimum absolute atomic E-state index is 0.123. The number of hydrogen-bond donors (Lipinski definition) is 3. The zero-order chi connectivity index (χ0) is 69.0. The quantitative estimate of drug-likeness (QED) is 0.0608. The zero-order valence-electron chi connectivity index (χ0n) is 53.5. The summed E-state index contributed by atoms with van der Waals surface area (Å²) in [5, 5.41) is 13.5. The van der Waals surface area contributed by atoms with Crippen LogP contribution in [0, 0.1) is 0 Å². The van der Waals surface area contributed by atoms with E-state index in [1.807, 2.05) is 121 Å². The molecule has 22 heteroatoms. The minimum atomic E-state index is -3.88. The maximum Gasteiger partial charge on any atom is 0.264 e. The molecule has 1 saturated heterocycles. The van der Waals surface area contributed by atoms with E-state index in [-0.39, 0.29) is 58.6 Å². The third-order valence-electron chi connectivity index (χ3n) is 15.8. The fourth-order valence-corrected chi connectivity index (χ4v) is 15.1. The van der Waals surface area contributed by atoms with E-state index in [1.54, 1.807) is 187 Å². The fourth-order valence-electron chi connectivity index (χ4n) is 10.7. The van der Waals surface area contributed by atoms with Crippen molar-refractivity contribution < 1.29 is 44.4 Å². The number of aromatic amines is 1.